The topological polar surface area (TPSA) is 124 Å². The second kappa shape index (κ2) is 57.7. The third-order valence-corrected chi connectivity index (χ3v) is 23.8. The summed E-state index contributed by atoms with van der Waals surface area (Å²) in [7, 11) is 0. The Kier molecular flexibility index (Phi) is 42.3. The van der Waals surface area contributed by atoms with Crippen LogP contribution in [0.1, 0.15) is 211 Å². The highest BCUT2D eigenvalue weighted by Crippen LogP contribution is 2.37. The number of aromatic nitrogens is 1. The first kappa shape index (κ1) is 108. The van der Waals surface area contributed by atoms with Gasteiger partial charge < -0.3 is 56.8 Å². The van der Waals surface area contributed by atoms with Crippen molar-refractivity contribution < 1.29 is 56.8 Å². The van der Waals surface area contributed by atoms with Crippen LogP contribution in [0.4, 0.5) is 0 Å². The SMILES string of the molecule is CC(C)c1ccc(Oc2cccc(COc3ccccc3)c2)cc1.CC(C)c1ccc(Oc2cccc(OCCc3ccccc3)c2)cc1.CC(C)c1ccc(Oc2cccc(OCc3ccccc3)c2)cc1.CC(C)c1ccc(Oc2cccc(OCc3cccnc3)c2)cc1.CC(C)c1ccc(Oc2cccc(O[C@@H](C)c3ccccc3)c2)cc1.CC(C)c1ccc(Oc2cccc(O[C@H](C)c3ccccc3)c2)cc1. The van der Waals surface area contributed by atoms with Crippen LogP contribution < -0.4 is 56.8 Å². The lowest BCUT2D eigenvalue weighted by Gasteiger charge is -2.16. The van der Waals surface area contributed by atoms with Gasteiger partial charge in [-0.15, -0.1) is 0 Å². The Morgan fingerprint density at radius 2 is 0.401 bits per heavy atom. The summed E-state index contributed by atoms with van der Waals surface area (Å²) in [6.07, 6.45) is 4.42. The van der Waals surface area contributed by atoms with Crippen molar-refractivity contribution in [3.05, 3.63) is 534 Å². The van der Waals surface area contributed by atoms with Crippen molar-refractivity contribution in [2.24, 2.45) is 0 Å². The van der Waals surface area contributed by atoms with Gasteiger partial charge >= 0.3 is 0 Å². The predicted octanol–water partition coefficient (Wildman–Crippen LogP) is 37.6. The number of ether oxygens (including phenoxy) is 12. The molecule has 1 aromatic heterocycles. The highest BCUT2D eigenvalue weighted by atomic mass is 16.5. The lowest BCUT2D eigenvalue weighted by Crippen LogP contribution is -2.02. The maximum atomic E-state index is 6.05. The number of para-hydroxylation sites is 1. The quantitative estimate of drug-likeness (QED) is 0.0367. The van der Waals surface area contributed by atoms with Gasteiger partial charge in [-0.25, -0.2) is 0 Å². The van der Waals surface area contributed by atoms with Crippen molar-refractivity contribution in [1.82, 2.24) is 4.98 Å². The standard InChI is InChI=1S/3C23H24O2.2C22H22O2.C21H21NO2/c2*1-17(2)19-12-14-21(15-13-19)25-23-11-7-10-22(16-23)24-18(3)20-8-5-4-6-9-20;1-18(2)20-11-13-21(14-12-20)25-23-10-6-9-22(17-23)24-16-15-19-7-4-3-5-8-19;1-17(2)19-11-13-21(14-12-19)24-22-10-6-7-18(15-22)16-23-20-8-4-3-5-9-20;1-17(2)19-11-13-20(14-12-19)24-22-10-6-9-21(15-22)23-16-18-7-4-3-5-8-18;1-16(2)18-8-10-19(11-9-18)24-21-7-3-6-20(13-21)23-15-17-5-4-12-22-14-17/h2*4-18H,1-3H3;3-14,17-18H,15-16H2,1-2H3;2*3-15,17H,16H2,1-2H3;3-14,16H,15H2,1-2H3/t2*18-;;;;/m10..../s1. The van der Waals surface area contributed by atoms with Crippen molar-refractivity contribution in [1.29, 1.82) is 0 Å². The first-order chi connectivity index (χ1) is 71.5. The van der Waals surface area contributed by atoms with Gasteiger partial charge in [0.25, 0.3) is 0 Å². The minimum atomic E-state index is -0.0122. The minimum absolute atomic E-state index is 0.0122. The highest BCUT2D eigenvalue weighted by molar-refractivity contribution is 5.46. The van der Waals surface area contributed by atoms with Gasteiger partial charge in [-0.3, -0.25) is 4.98 Å². The molecule has 0 aliphatic rings. The van der Waals surface area contributed by atoms with Gasteiger partial charge in [-0.05, 0) is 274 Å². The minimum Gasteiger partial charge on any atom is -0.493 e. The Balaban J connectivity index is 0.000000147. The molecule has 0 saturated carbocycles. The second-order valence-electron chi connectivity index (χ2n) is 37.4. The van der Waals surface area contributed by atoms with E-state index >= 15 is 0 Å². The fourth-order valence-corrected chi connectivity index (χ4v) is 15.1. The van der Waals surface area contributed by atoms with Gasteiger partial charge in [0, 0.05) is 54.7 Å². The highest BCUT2D eigenvalue weighted by Gasteiger charge is 2.15. The van der Waals surface area contributed by atoms with Crippen LogP contribution >= 0.6 is 0 Å². The predicted molar refractivity (Wildman–Crippen MR) is 599 cm³/mol. The summed E-state index contributed by atoms with van der Waals surface area (Å²) in [5.74, 6) is 17.7. The number of pyridine rings is 1. The molecule has 0 fully saturated rings. The van der Waals surface area contributed by atoms with Gasteiger partial charge in [-0.2, -0.15) is 0 Å². The number of benzene rings is 17. The Hall–Kier alpha value is -16.5. The molecule has 0 amide bonds. The molecule has 0 spiro atoms. The van der Waals surface area contributed by atoms with E-state index < -0.39 is 0 Å². The zero-order valence-corrected chi connectivity index (χ0v) is 87.0. The van der Waals surface area contributed by atoms with E-state index in [2.05, 4.69) is 209 Å². The molecule has 18 aromatic rings. The zero-order chi connectivity index (χ0) is 103. The first-order valence-electron chi connectivity index (χ1n) is 50.8. The number of hydrogen-bond acceptors (Lipinski definition) is 13. The Bertz CT molecular complexity index is 6330. The number of nitrogens with zero attached hydrogens (tertiary/aromatic N) is 1. The van der Waals surface area contributed by atoms with Crippen LogP contribution in [0.25, 0.3) is 0 Å². The van der Waals surface area contributed by atoms with E-state index in [1.165, 1.54) is 38.9 Å². The molecule has 0 N–H and O–H groups in total. The summed E-state index contributed by atoms with van der Waals surface area (Å²) >= 11 is 0. The fraction of sp³-hybridized carbons (Fsp3) is 0.201. The molecule has 0 aliphatic carbocycles. The van der Waals surface area contributed by atoms with Crippen LogP contribution in [0.15, 0.2) is 467 Å². The second-order valence-corrected chi connectivity index (χ2v) is 37.4. The van der Waals surface area contributed by atoms with Crippen molar-refractivity contribution in [3.63, 3.8) is 0 Å². The van der Waals surface area contributed by atoms with E-state index in [1.54, 1.807) is 12.4 Å². The van der Waals surface area contributed by atoms with Crippen LogP contribution in [0.5, 0.6) is 103 Å². The lowest BCUT2D eigenvalue weighted by molar-refractivity contribution is 0.226. The normalized spacial score (nSPS) is 11.1. The largest absolute Gasteiger partial charge is 0.493 e. The molecule has 1 heterocycles. The molecule has 13 nitrogen and oxygen atoms in total. The third kappa shape index (κ3) is 37.6. The summed E-state index contributed by atoms with van der Waals surface area (Å²) in [5, 5.41) is 0. The van der Waals surface area contributed by atoms with E-state index in [4.69, 9.17) is 56.8 Å². The summed E-state index contributed by atoms with van der Waals surface area (Å²) in [5.41, 5.74) is 14.7. The monoisotopic (exact) mass is 1950 g/mol. The van der Waals surface area contributed by atoms with Gasteiger partial charge in [0.05, 0.1) is 6.61 Å². The maximum absolute atomic E-state index is 6.05. The smallest absolute Gasteiger partial charge is 0.131 e. The molecular weight excluding hydrogens is 1820 g/mol. The Morgan fingerprint density at radius 1 is 0.170 bits per heavy atom. The maximum Gasteiger partial charge on any atom is 0.131 e. The molecule has 147 heavy (non-hydrogen) atoms. The average molecular weight is 1950 g/mol. The molecular formula is C134H137NO12. The molecule has 0 radical (unpaired) electrons. The van der Waals surface area contributed by atoms with Crippen LogP contribution in [0.2, 0.25) is 0 Å². The molecule has 18 rings (SSSR count). The summed E-state index contributed by atoms with van der Waals surface area (Å²) in [6.45, 7) is 32.5. The van der Waals surface area contributed by atoms with Gasteiger partial charge in [-0.1, -0.05) is 344 Å². The van der Waals surface area contributed by atoms with Gasteiger partial charge in [0.2, 0.25) is 0 Å². The first-order valence-corrected chi connectivity index (χ1v) is 50.8. The summed E-state index contributed by atoms with van der Waals surface area (Å²) < 4.78 is 71.0. The van der Waals surface area contributed by atoms with Crippen molar-refractivity contribution in [2.75, 3.05) is 6.61 Å². The van der Waals surface area contributed by atoms with Crippen molar-refractivity contribution >= 4 is 0 Å². The van der Waals surface area contributed by atoms with E-state index in [-0.39, 0.29) is 12.2 Å². The number of hydrogen-bond donors (Lipinski definition) is 0. The van der Waals surface area contributed by atoms with Crippen molar-refractivity contribution in [3.8, 4) is 103 Å². The average Bonchev–Trinajstić information content (AvgIpc) is 0.859. The fourth-order valence-electron chi connectivity index (χ4n) is 15.1. The van der Waals surface area contributed by atoms with E-state index in [9.17, 15) is 0 Å². The van der Waals surface area contributed by atoms with Crippen LogP contribution in [-0.2, 0) is 26.2 Å². The molecule has 17 aromatic carbocycles. The number of rotatable bonds is 37. The summed E-state index contributed by atoms with van der Waals surface area (Å²) in [4.78, 5) is 4.09. The van der Waals surface area contributed by atoms with Crippen LogP contribution in [0, 0.1) is 0 Å². The van der Waals surface area contributed by atoms with Gasteiger partial charge in [0.15, 0.2) is 0 Å². The van der Waals surface area contributed by atoms with Crippen LogP contribution in [0.3, 0.4) is 0 Å². The molecule has 2 atom stereocenters. The van der Waals surface area contributed by atoms with E-state index in [1.807, 2.05) is 347 Å². The molecule has 0 aliphatic heterocycles. The molecule has 0 saturated heterocycles. The van der Waals surface area contributed by atoms with Crippen LogP contribution in [-0.4, -0.2) is 11.6 Å². The molecule has 13 heteroatoms. The third-order valence-electron chi connectivity index (χ3n) is 23.8. The Morgan fingerprint density at radius 3 is 0.714 bits per heavy atom. The van der Waals surface area contributed by atoms with Gasteiger partial charge in [0.1, 0.15) is 136 Å². The lowest BCUT2D eigenvalue weighted by atomic mass is 10.0. The Labute approximate surface area is 871 Å². The molecule has 0 unspecified atom stereocenters. The zero-order valence-electron chi connectivity index (χ0n) is 87.0. The van der Waals surface area contributed by atoms with E-state index in [0.29, 0.717) is 61.9 Å². The molecule has 0 bridgehead atoms. The molecule has 750 valence electrons. The van der Waals surface area contributed by atoms with E-state index in [0.717, 1.165) is 138 Å². The summed E-state index contributed by atoms with van der Waals surface area (Å²) in [6, 6.07) is 151. The van der Waals surface area contributed by atoms with Crippen molar-refractivity contribution in [2.45, 2.75) is 171 Å².